The number of nitrogens with one attached hydrogen (secondary N) is 1. The average Bonchev–Trinajstić information content (AvgIpc) is 2.91. The van der Waals surface area contributed by atoms with Crippen LogP contribution in [0.5, 0.6) is 0 Å². The predicted molar refractivity (Wildman–Crippen MR) is 79.4 cm³/mol. The van der Waals surface area contributed by atoms with E-state index in [2.05, 4.69) is 10.3 Å². The molecule has 122 valence electrons. The van der Waals surface area contributed by atoms with Crippen LogP contribution in [-0.2, 0) is 11.2 Å². The summed E-state index contributed by atoms with van der Waals surface area (Å²) in [5.74, 6) is 0. The zero-order valence-corrected chi connectivity index (χ0v) is 13.0. The SMILES string of the molecule is Cc1ncsc1CCOCC(O)CNC(CO)(CO)CO. The molecule has 7 nitrogen and oxygen atoms in total. The fraction of sp³-hybridized carbons (Fsp3) is 0.769. The van der Waals surface area contributed by atoms with E-state index in [-0.39, 0.29) is 13.2 Å². The largest absolute Gasteiger partial charge is 0.394 e. The molecular formula is C13H24N2O5S. The quantitative estimate of drug-likeness (QED) is 0.321. The van der Waals surface area contributed by atoms with Gasteiger partial charge in [0.25, 0.3) is 0 Å². The molecule has 0 bridgehead atoms. The number of hydrogen-bond acceptors (Lipinski definition) is 8. The number of hydrogen-bond donors (Lipinski definition) is 5. The Morgan fingerprint density at radius 1 is 1.33 bits per heavy atom. The number of rotatable bonds is 11. The lowest BCUT2D eigenvalue weighted by molar-refractivity contribution is 0.00898. The Hall–Kier alpha value is -0.610. The van der Waals surface area contributed by atoms with Gasteiger partial charge < -0.3 is 30.5 Å². The van der Waals surface area contributed by atoms with Crippen molar-refractivity contribution in [2.45, 2.75) is 25.0 Å². The maximum absolute atomic E-state index is 9.77. The number of β-amino-alcohol motifs (C(OH)–C–C–N with tert-alkyl or cyclic N) is 1. The van der Waals surface area contributed by atoms with Crippen LogP contribution in [0.4, 0.5) is 0 Å². The van der Waals surface area contributed by atoms with Crippen LogP contribution in [0.1, 0.15) is 10.6 Å². The first-order valence-electron chi connectivity index (χ1n) is 6.79. The second-order valence-corrected chi connectivity index (χ2v) is 5.91. The normalized spacial score (nSPS) is 13.6. The van der Waals surface area contributed by atoms with E-state index in [4.69, 9.17) is 20.1 Å². The molecule has 1 aromatic heterocycles. The maximum Gasteiger partial charge on any atom is 0.0897 e. The van der Waals surface area contributed by atoms with Crippen molar-refractivity contribution in [1.82, 2.24) is 10.3 Å². The first-order chi connectivity index (χ1) is 10.1. The van der Waals surface area contributed by atoms with Crippen LogP contribution in [0.25, 0.3) is 0 Å². The number of thiazole rings is 1. The lowest BCUT2D eigenvalue weighted by atomic mass is 10.0. The molecule has 1 atom stereocenters. The average molecular weight is 320 g/mol. The summed E-state index contributed by atoms with van der Waals surface area (Å²) >= 11 is 1.58. The molecule has 0 fully saturated rings. The van der Waals surface area contributed by atoms with Gasteiger partial charge in [-0.25, -0.2) is 4.98 Å². The van der Waals surface area contributed by atoms with E-state index in [0.29, 0.717) is 6.61 Å². The molecule has 0 amide bonds. The zero-order chi connectivity index (χ0) is 15.7. The Bertz CT molecular complexity index is 389. The third kappa shape index (κ3) is 5.95. The van der Waals surface area contributed by atoms with Gasteiger partial charge >= 0.3 is 0 Å². The lowest BCUT2D eigenvalue weighted by Crippen LogP contribution is -2.57. The maximum atomic E-state index is 9.77. The molecule has 0 aromatic carbocycles. The zero-order valence-electron chi connectivity index (χ0n) is 12.2. The van der Waals surface area contributed by atoms with E-state index in [1.54, 1.807) is 16.8 Å². The summed E-state index contributed by atoms with van der Waals surface area (Å²) in [4.78, 5) is 5.32. The van der Waals surface area contributed by atoms with E-state index < -0.39 is 31.5 Å². The van der Waals surface area contributed by atoms with Crippen molar-refractivity contribution in [3.63, 3.8) is 0 Å². The standard InChI is InChI=1S/C13H24N2O5S/c1-10-12(21-9-14-10)2-3-20-5-11(19)4-15-13(6-16,7-17)8-18/h9,11,15-19H,2-8H2,1H3. The second kappa shape index (κ2) is 9.42. The van der Waals surface area contributed by atoms with Gasteiger partial charge in [0.15, 0.2) is 0 Å². The minimum atomic E-state index is -1.18. The number of aromatic nitrogens is 1. The van der Waals surface area contributed by atoms with E-state index >= 15 is 0 Å². The number of aliphatic hydroxyl groups excluding tert-OH is 4. The molecule has 8 heteroatoms. The first-order valence-corrected chi connectivity index (χ1v) is 7.67. The number of ether oxygens (including phenoxy) is 1. The van der Waals surface area contributed by atoms with E-state index in [9.17, 15) is 5.11 Å². The van der Waals surface area contributed by atoms with Crippen molar-refractivity contribution in [2.24, 2.45) is 0 Å². The van der Waals surface area contributed by atoms with E-state index in [1.165, 1.54) is 4.88 Å². The smallest absolute Gasteiger partial charge is 0.0897 e. The van der Waals surface area contributed by atoms with Gasteiger partial charge in [0.2, 0.25) is 0 Å². The minimum Gasteiger partial charge on any atom is -0.394 e. The van der Waals surface area contributed by atoms with Gasteiger partial charge in [-0.3, -0.25) is 0 Å². The van der Waals surface area contributed by atoms with Crippen molar-refractivity contribution in [2.75, 3.05) is 39.6 Å². The van der Waals surface area contributed by atoms with Crippen molar-refractivity contribution >= 4 is 11.3 Å². The van der Waals surface area contributed by atoms with Crippen molar-refractivity contribution in [3.8, 4) is 0 Å². The molecule has 1 unspecified atom stereocenters. The summed E-state index contributed by atoms with van der Waals surface area (Å²) in [6.45, 7) is 1.44. The van der Waals surface area contributed by atoms with Crippen LogP contribution in [0, 0.1) is 6.92 Å². The highest BCUT2D eigenvalue weighted by atomic mass is 32.1. The molecular weight excluding hydrogens is 296 g/mol. The predicted octanol–water partition coefficient (Wildman–Crippen LogP) is -1.32. The van der Waals surface area contributed by atoms with Gasteiger partial charge in [0.05, 0.1) is 55.9 Å². The summed E-state index contributed by atoms with van der Waals surface area (Å²) in [5, 5.41) is 39.9. The van der Waals surface area contributed by atoms with Gasteiger partial charge in [-0.05, 0) is 6.92 Å². The van der Waals surface area contributed by atoms with Crippen molar-refractivity contribution < 1.29 is 25.2 Å². The van der Waals surface area contributed by atoms with Gasteiger partial charge in [-0.2, -0.15) is 0 Å². The highest BCUT2D eigenvalue weighted by Crippen LogP contribution is 2.12. The highest BCUT2D eigenvalue weighted by molar-refractivity contribution is 7.09. The van der Waals surface area contributed by atoms with E-state index in [1.807, 2.05) is 6.92 Å². The molecule has 0 aliphatic rings. The highest BCUT2D eigenvalue weighted by Gasteiger charge is 2.27. The molecule has 0 spiro atoms. The summed E-state index contributed by atoms with van der Waals surface area (Å²) in [6.07, 6.45) is -0.0265. The Morgan fingerprint density at radius 3 is 2.52 bits per heavy atom. The van der Waals surface area contributed by atoms with Crippen LogP contribution in [0.3, 0.4) is 0 Å². The van der Waals surface area contributed by atoms with Crippen LogP contribution < -0.4 is 5.32 Å². The molecule has 1 heterocycles. The number of aliphatic hydroxyl groups is 4. The molecule has 0 radical (unpaired) electrons. The summed E-state index contributed by atoms with van der Waals surface area (Å²) in [5.41, 5.74) is 1.62. The molecule has 21 heavy (non-hydrogen) atoms. The Morgan fingerprint density at radius 2 is 2.00 bits per heavy atom. The fourth-order valence-electron chi connectivity index (χ4n) is 1.66. The summed E-state index contributed by atoms with van der Waals surface area (Å²) in [6, 6.07) is 0. The third-order valence-corrected chi connectivity index (χ3v) is 4.24. The number of aryl methyl sites for hydroxylation is 1. The molecule has 0 saturated heterocycles. The molecule has 0 aliphatic carbocycles. The number of nitrogens with zero attached hydrogens (tertiary/aromatic N) is 1. The van der Waals surface area contributed by atoms with Crippen LogP contribution in [0.15, 0.2) is 5.51 Å². The minimum absolute atomic E-state index is 0.112. The third-order valence-electron chi connectivity index (χ3n) is 3.25. The first kappa shape index (κ1) is 18.4. The molecule has 1 aromatic rings. The molecule has 0 aliphatic heterocycles. The molecule has 0 saturated carbocycles. The van der Waals surface area contributed by atoms with Crippen molar-refractivity contribution in [3.05, 3.63) is 16.1 Å². The van der Waals surface area contributed by atoms with E-state index in [0.717, 1.165) is 12.1 Å². The van der Waals surface area contributed by atoms with Crippen molar-refractivity contribution in [1.29, 1.82) is 0 Å². The lowest BCUT2D eigenvalue weighted by Gasteiger charge is -2.29. The monoisotopic (exact) mass is 320 g/mol. The Kier molecular flexibility index (Phi) is 8.27. The van der Waals surface area contributed by atoms with Gasteiger partial charge in [-0.1, -0.05) is 0 Å². The van der Waals surface area contributed by atoms with Gasteiger partial charge in [0, 0.05) is 17.8 Å². The summed E-state index contributed by atoms with van der Waals surface area (Å²) in [7, 11) is 0. The Balaban J connectivity index is 2.19. The van der Waals surface area contributed by atoms with Crippen LogP contribution >= 0.6 is 11.3 Å². The molecule has 5 N–H and O–H groups in total. The van der Waals surface area contributed by atoms with Gasteiger partial charge in [0.1, 0.15) is 0 Å². The Labute approximate surface area is 128 Å². The van der Waals surface area contributed by atoms with Crippen LogP contribution in [0.2, 0.25) is 0 Å². The second-order valence-electron chi connectivity index (χ2n) is 4.98. The topological polar surface area (TPSA) is 115 Å². The fourth-order valence-corrected chi connectivity index (χ4v) is 2.42. The van der Waals surface area contributed by atoms with Crippen LogP contribution in [-0.4, -0.2) is 76.6 Å². The van der Waals surface area contributed by atoms with Gasteiger partial charge in [-0.15, -0.1) is 11.3 Å². The summed E-state index contributed by atoms with van der Waals surface area (Å²) < 4.78 is 5.39. The molecule has 1 rings (SSSR count).